The van der Waals surface area contributed by atoms with Crippen LogP contribution in [-0.4, -0.2) is 61.9 Å². The average molecular weight is 654 g/mol. The SMILES string of the molecule is CCCCS(=O)(=O)Nc1ccc(C[C@H](NC(=O)c2ccc(C(=N)N)cc2)C(=O)N2CCc3sc(CC(=O)OCC)cc3C2)cc1. The van der Waals surface area contributed by atoms with Gasteiger partial charge in [-0.25, -0.2) is 8.42 Å². The second kappa shape index (κ2) is 15.2. The molecular formula is C32H39N5O6S2. The summed E-state index contributed by atoms with van der Waals surface area (Å²) in [7, 11) is -3.46. The number of anilines is 1. The number of nitrogens with one attached hydrogen (secondary N) is 3. The molecule has 0 spiro atoms. The molecule has 0 saturated heterocycles. The fraction of sp³-hybridized carbons (Fsp3) is 0.375. The summed E-state index contributed by atoms with van der Waals surface area (Å²) >= 11 is 1.55. The number of rotatable bonds is 14. The van der Waals surface area contributed by atoms with Crippen LogP contribution in [0.2, 0.25) is 0 Å². The van der Waals surface area contributed by atoms with Crippen molar-refractivity contribution in [3.8, 4) is 0 Å². The molecule has 1 aromatic heterocycles. The predicted molar refractivity (Wildman–Crippen MR) is 175 cm³/mol. The molecule has 0 unspecified atom stereocenters. The molecule has 0 aliphatic carbocycles. The number of amides is 2. The quantitative estimate of drug-likeness (QED) is 0.117. The first-order valence-corrected chi connectivity index (χ1v) is 17.3. The lowest BCUT2D eigenvalue weighted by Gasteiger charge is -2.31. The summed E-state index contributed by atoms with van der Waals surface area (Å²) in [4.78, 5) is 43.0. The first kappa shape index (κ1) is 33.7. The fourth-order valence-corrected chi connectivity index (χ4v) is 7.42. The Hall–Kier alpha value is -4.23. The Morgan fingerprint density at radius 2 is 1.76 bits per heavy atom. The highest BCUT2D eigenvalue weighted by molar-refractivity contribution is 7.92. The standard InChI is InChI=1S/C32H39N5O6S2/c1-3-5-16-45(41,42)36-25-12-6-21(7-13-25)17-27(35-31(39)23-10-8-22(9-11-23)30(33)34)32(40)37-15-14-28-24(20-37)18-26(44-28)19-29(38)43-4-2/h6-13,18,27,36H,3-5,14-17,19-20H2,1-2H3,(H3,33,34)(H,35,39)/t27-/m0/s1. The minimum atomic E-state index is -3.46. The number of hydrogen-bond acceptors (Lipinski definition) is 8. The molecule has 0 radical (unpaired) electrons. The minimum Gasteiger partial charge on any atom is -0.466 e. The summed E-state index contributed by atoms with van der Waals surface area (Å²) in [5, 5.41) is 10.5. The second-order valence-corrected chi connectivity index (χ2v) is 13.9. The van der Waals surface area contributed by atoms with Crippen molar-refractivity contribution < 1.29 is 27.5 Å². The maximum Gasteiger partial charge on any atom is 0.311 e. The van der Waals surface area contributed by atoms with Crippen LogP contribution in [-0.2, 0) is 50.2 Å². The molecule has 5 N–H and O–H groups in total. The molecule has 1 aliphatic rings. The van der Waals surface area contributed by atoms with Crippen LogP contribution in [0.15, 0.2) is 54.6 Å². The zero-order valence-corrected chi connectivity index (χ0v) is 27.1. The number of benzene rings is 2. The zero-order valence-electron chi connectivity index (χ0n) is 25.4. The number of ether oxygens (including phenoxy) is 1. The van der Waals surface area contributed by atoms with E-state index in [0.29, 0.717) is 49.4 Å². The van der Waals surface area contributed by atoms with Gasteiger partial charge in [-0.3, -0.25) is 24.5 Å². The zero-order chi connectivity index (χ0) is 32.6. The third kappa shape index (κ3) is 9.38. The van der Waals surface area contributed by atoms with Gasteiger partial charge in [-0.1, -0.05) is 37.6 Å². The Balaban J connectivity index is 1.52. The highest BCUT2D eigenvalue weighted by Crippen LogP contribution is 2.29. The van der Waals surface area contributed by atoms with Crippen molar-refractivity contribution in [2.75, 3.05) is 23.6 Å². The van der Waals surface area contributed by atoms with Gasteiger partial charge < -0.3 is 20.7 Å². The Bertz CT molecular complexity index is 1640. The van der Waals surface area contributed by atoms with Crippen molar-refractivity contribution in [1.29, 1.82) is 5.41 Å². The molecule has 2 aromatic carbocycles. The lowest BCUT2D eigenvalue weighted by Crippen LogP contribution is -2.50. The van der Waals surface area contributed by atoms with Gasteiger partial charge in [-0.05, 0) is 61.2 Å². The Labute approximate surface area is 267 Å². The van der Waals surface area contributed by atoms with Crippen molar-refractivity contribution in [2.24, 2.45) is 5.73 Å². The molecule has 2 amide bonds. The summed E-state index contributed by atoms with van der Waals surface area (Å²) in [5.74, 6) is -1.07. The number of carbonyl (C=O) groups excluding carboxylic acids is 3. The van der Waals surface area contributed by atoms with Crippen LogP contribution in [0.4, 0.5) is 5.69 Å². The maximum absolute atomic E-state index is 14.0. The van der Waals surface area contributed by atoms with E-state index < -0.39 is 22.0 Å². The minimum absolute atomic E-state index is 0.0350. The summed E-state index contributed by atoms with van der Waals surface area (Å²) in [6.45, 7) is 4.82. The van der Waals surface area contributed by atoms with E-state index >= 15 is 0 Å². The number of thiophene rings is 1. The molecular weight excluding hydrogens is 615 g/mol. The molecule has 0 bridgehead atoms. The van der Waals surface area contributed by atoms with Crippen LogP contribution in [0.5, 0.6) is 0 Å². The number of hydrogen-bond donors (Lipinski definition) is 4. The highest BCUT2D eigenvalue weighted by Gasteiger charge is 2.30. The molecule has 240 valence electrons. The van der Waals surface area contributed by atoms with Gasteiger partial charge >= 0.3 is 5.97 Å². The number of fused-ring (bicyclic) bond motifs is 1. The smallest absolute Gasteiger partial charge is 0.311 e. The van der Waals surface area contributed by atoms with E-state index in [1.807, 2.05) is 13.0 Å². The topological polar surface area (TPSA) is 172 Å². The van der Waals surface area contributed by atoms with Crippen LogP contribution < -0.4 is 15.8 Å². The van der Waals surface area contributed by atoms with Crippen molar-refractivity contribution >= 4 is 50.7 Å². The van der Waals surface area contributed by atoms with Crippen LogP contribution in [0, 0.1) is 5.41 Å². The van der Waals surface area contributed by atoms with E-state index in [-0.39, 0.29) is 36.3 Å². The Kier molecular flexibility index (Phi) is 11.3. The third-order valence-electron chi connectivity index (χ3n) is 7.35. The third-order valence-corrected chi connectivity index (χ3v) is 9.96. The van der Waals surface area contributed by atoms with Crippen molar-refractivity contribution in [2.45, 2.75) is 58.5 Å². The lowest BCUT2D eigenvalue weighted by atomic mass is 10.0. The van der Waals surface area contributed by atoms with Crippen LogP contribution in [0.3, 0.4) is 0 Å². The fourth-order valence-electron chi connectivity index (χ4n) is 5.00. The highest BCUT2D eigenvalue weighted by atomic mass is 32.2. The predicted octanol–water partition coefficient (Wildman–Crippen LogP) is 3.61. The number of nitrogens with two attached hydrogens (primary N) is 1. The Morgan fingerprint density at radius 3 is 2.40 bits per heavy atom. The summed E-state index contributed by atoms with van der Waals surface area (Å²) in [6, 6.07) is 14.1. The van der Waals surface area contributed by atoms with Gasteiger partial charge in [0.05, 0.1) is 18.8 Å². The lowest BCUT2D eigenvalue weighted by molar-refractivity contribution is -0.142. The maximum atomic E-state index is 14.0. The monoisotopic (exact) mass is 653 g/mol. The van der Waals surface area contributed by atoms with Gasteiger partial charge in [0.25, 0.3) is 5.91 Å². The van der Waals surface area contributed by atoms with Gasteiger partial charge in [-0.2, -0.15) is 0 Å². The van der Waals surface area contributed by atoms with Gasteiger partial charge in [0, 0.05) is 46.1 Å². The number of amidine groups is 1. The molecule has 4 rings (SSSR count). The molecule has 1 atom stereocenters. The van der Waals surface area contributed by atoms with Gasteiger partial charge in [0.1, 0.15) is 11.9 Å². The van der Waals surface area contributed by atoms with E-state index in [4.69, 9.17) is 15.9 Å². The number of unbranched alkanes of at least 4 members (excludes halogenated alkanes) is 1. The number of nitrogens with zero attached hydrogens (tertiary/aromatic N) is 1. The molecule has 1 aliphatic heterocycles. The normalized spacial score (nSPS) is 13.4. The number of sulfonamides is 1. The number of carbonyl (C=O) groups is 3. The van der Waals surface area contributed by atoms with E-state index in [0.717, 1.165) is 27.3 Å². The molecule has 13 heteroatoms. The van der Waals surface area contributed by atoms with Crippen molar-refractivity contribution in [1.82, 2.24) is 10.2 Å². The van der Waals surface area contributed by atoms with Gasteiger partial charge in [-0.15, -0.1) is 11.3 Å². The van der Waals surface area contributed by atoms with Gasteiger partial charge in [0.2, 0.25) is 15.9 Å². The molecule has 45 heavy (non-hydrogen) atoms. The summed E-state index contributed by atoms with van der Waals surface area (Å²) in [5.41, 5.74) is 8.47. The molecule has 3 aromatic rings. The first-order chi connectivity index (χ1) is 21.5. The van der Waals surface area contributed by atoms with Crippen LogP contribution in [0.25, 0.3) is 0 Å². The number of esters is 1. The van der Waals surface area contributed by atoms with Crippen LogP contribution >= 0.6 is 11.3 Å². The van der Waals surface area contributed by atoms with E-state index in [9.17, 15) is 22.8 Å². The van der Waals surface area contributed by atoms with E-state index in [1.54, 1.807) is 71.7 Å². The van der Waals surface area contributed by atoms with Crippen molar-refractivity contribution in [3.05, 3.63) is 86.6 Å². The molecule has 2 heterocycles. The number of nitrogen functional groups attached to an aromatic ring is 1. The molecule has 11 nitrogen and oxygen atoms in total. The summed E-state index contributed by atoms with van der Waals surface area (Å²) in [6.07, 6.45) is 2.33. The first-order valence-electron chi connectivity index (χ1n) is 14.9. The van der Waals surface area contributed by atoms with Crippen LogP contribution in [0.1, 0.15) is 63.5 Å². The Morgan fingerprint density at radius 1 is 1.07 bits per heavy atom. The van der Waals surface area contributed by atoms with E-state index in [1.165, 1.54) is 0 Å². The van der Waals surface area contributed by atoms with Crippen molar-refractivity contribution in [3.63, 3.8) is 0 Å². The van der Waals surface area contributed by atoms with Gasteiger partial charge in [0.15, 0.2) is 0 Å². The molecule has 0 saturated carbocycles. The molecule has 0 fully saturated rings. The van der Waals surface area contributed by atoms with E-state index in [2.05, 4.69) is 10.0 Å². The largest absolute Gasteiger partial charge is 0.466 e. The average Bonchev–Trinajstić information content (AvgIpc) is 3.41. The second-order valence-electron chi connectivity index (χ2n) is 10.8. The summed E-state index contributed by atoms with van der Waals surface area (Å²) < 4.78 is 32.3.